The molecule has 84 valence electrons. The molecule has 4 nitrogen and oxygen atoms in total. The highest BCUT2D eigenvalue weighted by molar-refractivity contribution is 7.99. The van der Waals surface area contributed by atoms with Gasteiger partial charge in [-0.25, -0.2) is 9.97 Å². The van der Waals surface area contributed by atoms with Gasteiger partial charge in [-0.05, 0) is 12.0 Å². The molecule has 0 fully saturated rings. The van der Waals surface area contributed by atoms with E-state index < -0.39 is 0 Å². The first kappa shape index (κ1) is 12.3. The van der Waals surface area contributed by atoms with Crippen LogP contribution in [0.1, 0.15) is 13.8 Å². The van der Waals surface area contributed by atoms with Gasteiger partial charge in [-0.2, -0.15) is 0 Å². The maximum Gasteiger partial charge on any atom is 0.223 e. The van der Waals surface area contributed by atoms with Crippen molar-refractivity contribution in [3.05, 3.63) is 12.3 Å². The van der Waals surface area contributed by atoms with Crippen molar-refractivity contribution in [2.24, 2.45) is 11.7 Å². The van der Waals surface area contributed by atoms with Gasteiger partial charge in [0.05, 0.1) is 0 Å². The molecule has 0 aromatic carbocycles. The number of nitrogens with one attached hydrogen (secondary N) is 1. The fraction of sp³-hybridized carbons (Fsp3) is 0.600. The molecule has 15 heavy (non-hydrogen) atoms. The van der Waals surface area contributed by atoms with E-state index in [-0.39, 0.29) is 0 Å². The lowest BCUT2D eigenvalue weighted by atomic mass is 10.2. The second-order valence-electron chi connectivity index (χ2n) is 3.63. The van der Waals surface area contributed by atoms with Gasteiger partial charge in [0.25, 0.3) is 0 Å². The molecule has 1 aromatic rings. The second kappa shape index (κ2) is 6.63. The van der Waals surface area contributed by atoms with Crippen LogP contribution in [-0.2, 0) is 0 Å². The van der Waals surface area contributed by atoms with Gasteiger partial charge in [0.1, 0.15) is 5.03 Å². The summed E-state index contributed by atoms with van der Waals surface area (Å²) < 4.78 is 0. The number of nitrogens with zero attached hydrogens (tertiary/aromatic N) is 2. The fourth-order valence-electron chi connectivity index (χ4n) is 0.967. The molecule has 0 saturated heterocycles. The first-order chi connectivity index (χ1) is 7.22. The summed E-state index contributed by atoms with van der Waals surface area (Å²) in [4.78, 5) is 8.52. The molecule has 0 saturated carbocycles. The maximum atomic E-state index is 5.43. The van der Waals surface area contributed by atoms with Crippen molar-refractivity contribution in [1.29, 1.82) is 0 Å². The lowest BCUT2D eigenvalue weighted by molar-refractivity contribution is 0.683. The van der Waals surface area contributed by atoms with Crippen LogP contribution >= 0.6 is 11.8 Å². The molecule has 0 aliphatic heterocycles. The van der Waals surface area contributed by atoms with E-state index in [4.69, 9.17) is 5.73 Å². The molecule has 0 aliphatic rings. The number of anilines is 1. The fourth-order valence-corrected chi connectivity index (χ4v) is 1.60. The Balaban J connectivity index is 2.50. The number of hydrogen-bond donors (Lipinski definition) is 2. The lowest BCUT2D eigenvalue weighted by Gasteiger charge is -2.07. The summed E-state index contributed by atoms with van der Waals surface area (Å²) in [5.41, 5.74) is 5.43. The molecule has 0 bridgehead atoms. The van der Waals surface area contributed by atoms with Crippen LogP contribution in [0, 0.1) is 5.92 Å². The number of aromatic nitrogens is 2. The molecule has 0 amide bonds. The SMILES string of the molecule is CC(C)CNc1nccc(SCCN)n1. The topological polar surface area (TPSA) is 63.8 Å². The van der Waals surface area contributed by atoms with E-state index in [0.29, 0.717) is 18.4 Å². The number of rotatable bonds is 6. The van der Waals surface area contributed by atoms with Gasteiger partial charge in [0.15, 0.2) is 0 Å². The van der Waals surface area contributed by atoms with Crippen LogP contribution in [0.3, 0.4) is 0 Å². The average Bonchev–Trinajstić information content (AvgIpc) is 2.24. The van der Waals surface area contributed by atoms with Crippen LogP contribution in [0.5, 0.6) is 0 Å². The average molecular weight is 226 g/mol. The van der Waals surface area contributed by atoms with E-state index >= 15 is 0 Å². The van der Waals surface area contributed by atoms with Gasteiger partial charge < -0.3 is 11.1 Å². The monoisotopic (exact) mass is 226 g/mol. The van der Waals surface area contributed by atoms with Gasteiger partial charge in [0.2, 0.25) is 5.95 Å². The van der Waals surface area contributed by atoms with Crippen molar-refractivity contribution >= 4 is 17.7 Å². The number of hydrogen-bond acceptors (Lipinski definition) is 5. The van der Waals surface area contributed by atoms with Crippen molar-refractivity contribution in [3.8, 4) is 0 Å². The summed E-state index contributed by atoms with van der Waals surface area (Å²) in [6.07, 6.45) is 1.77. The normalized spacial score (nSPS) is 10.7. The van der Waals surface area contributed by atoms with E-state index in [2.05, 4.69) is 29.1 Å². The van der Waals surface area contributed by atoms with Gasteiger partial charge in [0, 0.05) is 25.0 Å². The maximum absolute atomic E-state index is 5.43. The Hall–Kier alpha value is -0.810. The summed E-state index contributed by atoms with van der Waals surface area (Å²) in [7, 11) is 0. The Morgan fingerprint density at radius 1 is 1.53 bits per heavy atom. The smallest absolute Gasteiger partial charge is 0.223 e. The van der Waals surface area contributed by atoms with E-state index in [1.165, 1.54) is 0 Å². The third-order valence-electron chi connectivity index (χ3n) is 1.67. The van der Waals surface area contributed by atoms with Crippen LogP contribution in [-0.4, -0.2) is 28.8 Å². The summed E-state index contributed by atoms with van der Waals surface area (Å²) in [5, 5.41) is 4.17. The quantitative estimate of drug-likeness (QED) is 0.570. The second-order valence-corrected chi connectivity index (χ2v) is 4.75. The van der Waals surface area contributed by atoms with E-state index in [0.717, 1.165) is 17.3 Å². The summed E-state index contributed by atoms with van der Waals surface area (Å²) in [5.74, 6) is 2.18. The van der Waals surface area contributed by atoms with Crippen LogP contribution in [0.15, 0.2) is 17.3 Å². The van der Waals surface area contributed by atoms with Gasteiger partial charge in [-0.15, -0.1) is 11.8 Å². The highest BCUT2D eigenvalue weighted by atomic mass is 32.2. The van der Waals surface area contributed by atoms with Crippen LogP contribution < -0.4 is 11.1 Å². The molecule has 1 aromatic heterocycles. The molecular formula is C10H18N4S. The van der Waals surface area contributed by atoms with Crippen molar-refractivity contribution in [2.45, 2.75) is 18.9 Å². The van der Waals surface area contributed by atoms with Crippen LogP contribution in [0.25, 0.3) is 0 Å². The van der Waals surface area contributed by atoms with Gasteiger partial charge in [-0.1, -0.05) is 13.8 Å². The van der Waals surface area contributed by atoms with Crippen LogP contribution in [0.2, 0.25) is 0 Å². The Morgan fingerprint density at radius 3 is 3.00 bits per heavy atom. The minimum atomic E-state index is 0.592. The highest BCUT2D eigenvalue weighted by Gasteiger charge is 2.00. The summed E-state index contributed by atoms with van der Waals surface area (Å²) in [6, 6.07) is 1.90. The predicted octanol–water partition coefficient (Wildman–Crippen LogP) is 1.60. The van der Waals surface area contributed by atoms with Crippen molar-refractivity contribution in [3.63, 3.8) is 0 Å². The Kier molecular flexibility index (Phi) is 5.42. The predicted molar refractivity (Wildman–Crippen MR) is 65.1 cm³/mol. The zero-order valence-corrected chi connectivity index (χ0v) is 10.0. The Labute approximate surface area is 95.1 Å². The highest BCUT2D eigenvalue weighted by Crippen LogP contribution is 2.14. The summed E-state index contributed by atoms with van der Waals surface area (Å²) in [6.45, 7) is 5.87. The number of thioether (sulfide) groups is 1. The molecule has 5 heteroatoms. The molecule has 0 aliphatic carbocycles. The third kappa shape index (κ3) is 4.99. The molecule has 1 heterocycles. The molecule has 1 rings (SSSR count). The van der Waals surface area contributed by atoms with Crippen molar-refractivity contribution in [1.82, 2.24) is 9.97 Å². The molecule has 0 spiro atoms. The Morgan fingerprint density at radius 2 is 2.33 bits per heavy atom. The Bertz CT molecular complexity index is 291. The van der Waals surface area contributed by atoms with E-state index in [1.807, 2.05) is 6.07 Å². The largest absolute Gasteiger partial charge is 0.354 e. The molecule has 0 unspecified atom stereocenters. The summed E-state index contributed by atoms with van der Waals surface area (Å²) >= 11 is 1.65. The molecule has 0 radical (unpaired) electrons. The van der Waals surface area contributed by atoms with Crippen molar-refractivity contribution in [2.75, 3.05) is 24.2 Å². The molecular weight excluding hydrogens is 208 g/mol. The van der Waals surface area contributed by atoms with Crippen molar-refractivity contribution < 1.29 is 0 Å². The third-order valence-corrected chi connectivity index (χ3v) is 2.63. The van der Waals surface area contributed by atoms with E-state index in [1.54, 1.807) is 18.0 Å². The van der Waals surface area contributed by atoms with Gasteiger partial charge in [-0.3, -0.25) is 0 Å². The first-order valence-corrected chi connectivity index (χ1v) is 6.10. The lowest BCUT2D eigenvalue weighted by Crippen LogP contribution is -2.10. The first-order valence-electron chi connectivity index (χ1n) is 5.12. The minimum absolute atomic E-state index is 0.592. The zero-order valence-electron chi connectivity index (χ0n) is 9.23. The molecule has 0 atom stereocenters. The van der Waals surface area contributed by atoms with Crippen LogP contribution in [0.4, 0.5) is 5.95 Å². The van der Waals surface area contributed by atoms with Gasteiger partial charge >= 0.3 is 0 Å². The van der Waals surface area contributed by atoms with E-state index in [9.17, 15) is 0 Å². The number of nitrogens with two attached hydrogens (primary N) is 1. The molecule has 3 N–H and O–H groups in total. The standard InChI is InChI=1S/C10H18N4S/c1-8(2)7-13-10-12-5-3-9(14-10)15-6-4-11/h3,5,8H,4,6-7,11H2,1-2H3,(H,12,13,14). The minimum Gasteiger partial charge on any atom is -0.354 e. The zero-order chi connectivity index (χ0) is 11.1.